The minimum absolute atomic E-state index is 0.409. The smallest absolute Gasteiger partial charge is 0.414 e. The Hall–Kier alpha value is -1.86. The molecule has 0 atom stereocenters. The maximum atomic E-state index is 9.10. The summed E-state index contributed by atoms with van der Waals surface area (Å²) in [5, 5.41) is 14.8. The molecule has 0 unspecified atom stereocenters. The summed E-state index contributed by atoms with van der Waals surface area (Å²) in [7, 11) is 0. The van der Waals surface area contributed by atoms with Crippen LogP contribution in [0.5, 0.6) is 0 Å². The van der Waals surface area contributed by atoms with Gasteiger partial charge < -0.3 is 26.1 Å². The lowest BCUT2D eigenvalue weighted by Crippen LogP contribution is -2.27. The third-order valence-corrected chi connectivity index (χ3v) is 1.68. The fraction of sp³-hybridized carbons (Fsp3) is 0.400. The quantitative estimate of drug-likeness (QED) is 0.540. The molecule has 0 amide bonds. The van der Waals surface area contributed by atoms with Crippen molar-refractivity contribution < 1.29 is 24.2 Å². The van der Waals surface area contributed by atoms with Crippen molar-refractivity contribution in [2.45, 2.75) is 25.9 Å². The van der Waals surface area contributed by atoms with Gasteiger partial charge in [0.15, 0.2) is 0 Å². The van der Waals surface area contributed by atoms with E-state index in [1.165, 1.54) is 0 Å². The van der Waals surface area contributed by atoms with Crippen LogP contribution >= 0.6 is 0 Å². The second-order valence-electron chi connectivity index (χ2n) is 3.80. The molecule has 0 saturated carbocycles. The Morgan fingerprint density at radius 2 is 1.76 bits per heavy atom. The highest BCUT2D eigenvalue weighted by molar-refractivity contribution is 6.27. The largest absolute Gasteiger partial charge is 0.473 e. The first-order valence-corrected chi connectivity index (χ1v) is 4.72. The Bertz CT molecular complexity index is 380. The summed E-state index contributed by atoms with van der Waals surface area (Å²) in [6.45, 7) is 4.22. The van der Waals surface area contributed by atoms with Gasteiger partial charge in [0.1, 0.15) is 11.5 Å². The van der Waals surface area contributed by atoms with Crippen molar-refractivity contribution >= 4 is 11.9 Å². The normalized spacial score (nSPS) is 10.4. The average Bonchev–Trinajstić information content (AvgIpc) is 2.65. The molecular weight excluding hydrogens is 228 g/mol. The molecule has 7 heteroatoms. The molecule has 17 heavy (non-hydrogen) atoms. The zero-order chi connectivity index (χ0) is 13.6. The van der Waals surface area contributed by atoms with E-state index in [1.807, 2.05) is 26.0 Å². The number of aliphatic carboxylic acids is 2. The summed E-state index contributed by atoms with van der Waals surface area (Å²) >= 11 is 0. The fourth-order valence-corrected chi connectivity index (χ4v) is 0.834. The van der Waals surface area contributed by atoms with E-state index >= 15 is 0 Å². The molecule has 1 heterocycles. The Kier molecular flexibility index (Phi) is 5.36. The van der Waals surface area contributed by atoms with Crippen LogP contribution in [0.3, 0.4) is 0 Å². The SMILES string of the molecule is CC(C)(N)c1ccc(CN)o1.O=C(O)C(=O)O. The van der Waals surface area contributed by atoms with E-state index < -0.39 is 17.5 Å². The molecular formula is C10H16N2O5. The summed E-state index contributed by atoms with van der Waals surface area (Å²) in [5.41, 5.74) is 10.8. The predicted octanol–water partition coefficient (Wildman–Crippen LogP) is 0.0877. The molecule has 0 spiro atoms. The van der Waals surface area contributed by atoms with Gasteiger partial charge in [0.05, 0.1) is 12.1 Å². The van der Waals surface area contributed by atoms with Gasteiger partial charge in [-0.15, -0.1) is 0 Å². The van der Waals surface area contributed by atoms with Crippen molar-refractivity contribution in [1.29, 1.82) is 0 Å². The first-order chi connectivity index (χ1) is 7.68. The van der Waals surface area contributed by atoms with Crippen LogP contribution in [-0.4, -0.2) is 22.2 Å². The highest BCUT2D eigenvalue weighted by atomic mass is 16.4. The van der Waals surface area contributed by atoms with E-state index in [0.717, 1.165) is 11.5 Å². The number of nitrogens with two attached hydrogens (primary N) is 2. The number of carboxylic acids is 2. The first-order valence-electron chi connectivity index (χ1n) is 4.72. The van der Waals surface area contributed by atoms with E-state index in [0.29, 0.717) is 6.54 Å². The van der Waals surface area contributed by atoms with Gasteiger partial charge in [-0.25, -0.2) is 9.59 Å². The molecule has 0 aromatic carbocycles. The summed E-state index contributed by atoms with van der Waals surface area (Å²) in [5.74, 6) is -2.10. The second kappa shape index (κ2) is 6.02. The first kappa shape index (κ1) is 15.1. The molecule has 0 fully saturated rings. The molecule has 0 aliphatic rings. The third-order valence-electron chi connectivity index (χ3n) is 1.68. The van der Waals surface area contributed by atoms with Crippen LogP contribution < -0.4 is 11.5 Å². The van der Waals surface area contributed by atoms with Gasteiger partial charge >= 0.3 is 11.9 Å². The Morgan fingerprint density at radius 3 is 1.94 bits per heavy atom. The van der Waals surface area contributed by atoms with Crippen molar-refractivity contribution in [3.63, 3.8) is 0 Å². The van der Waals surface area contributed by atoms with Gasteiger partial charge in [0.25, 0.3) is 0 Å². The average molecular weight is 244 g/mol. The predicted molar refractivity (Wildman–Crippen MR) is 59.1 cm³/mol. The standard InChI is InChI=1S/C8H14N2O.C2H2O4/c1-8(2,10)7-4-3-6(5-9)11-7;3-1(4)2(5)6/h3-4H,5,9-10H2,1-2H3;(H,3,4)(H,5,6). The van der Waals surface area contributed by atoms with Crippen molar-refractivity contribution in [2.75, 3.05) is 0 Å². The number of furan rings is 1. The van der Waals surface area contributed by atoms with Crippen LogP contribution in [0.25, 0.3) is 0 Å². The van der Waals surface area contributed by atoms with Crippen molar-refractivity contribution in [1.82, 2.24) is 0 Å². The number of rotatable bonds is 2. The van der Waals surface area contributed by atoms with Crippen molar-refractivity contribution in [3.05, 3.63) is 23.7 Å². The van der Waals surface area contributed by atoms with Gasteiger partial charge in [-0.1, -0.05) is 0 Å². The second-order valence-corrected chi connectivity index (χ2v) is 3.80. The minimum Gasteiger partial charge on any atom is -0.473 e. The maximum absolute atomic E-state index is 9.10. The van der Waals surface area contributed by atoms with E-state index in [-0.39, 0.29) is 0 Å². The highest BCUT2D eigenvalue weighted by Gasteiger charge is 2.17. The molecule has 7 nitrogen and oxygen atoms in total. The van der Waals surface area contributed by atoms with Gasteiger partial charge in [-0.3, -0.25) is 0 Å². The lowest BCUT2D eigenvalue weighted by atomic mass is 10.0. The lowest BCUT2D eigenvalue weighted by molar-refractivity contribution is -0.159. The Balaban J connectivity index is 0.000000366. The van der Waals surface area contributed by atoms with Crippen LogP contribution in [0.4, 0.5) is 0 Å². The topological polar surface area (TPSA) is 140 Å². The third kappa shape index (κ3) is 5.69. The monoisotopic (exact) mass is 244 g/mol. The molecule has 0 bridgehead atoms. The van der Waals surface area contributed by atoms with Gasteiger partial charge in [0.2, 0.25) is 0 Å². The number of carbonyl (C=O) groups is 2. The van der Waals surface area contributed by atoms with E-state index in [1.54, 1.807) is 0 Å². The van der Waals surface area contributed by atoms with Gasteiger partial charge in [-0.2, -0.15) is 0 Å². The van der Waals surface area contributed by atoms with Gasteiger partial charge in [0, 0.05) is 0 Å². The zero-order valence-corrected chi connectivity index (χ0v) is 9.64. The van der Waals surface area contributed by atoms with Crippen LogP contribution in [0.1, 0.15) is 25.4 Å². The molecule has 0 aliphatic heterocycles. The molecule has 6 N–H and O–H groups in total. The van der Waals surface area contributed by atoms with Crippen LogP contribution in [0.2, 0.25) is 0 Å². The Labute approximate surface area is 98.0 Å². The van der Waals surface area contributed by atoms with Crippen molar-refractivity contribution in [2.24, 2.45) is 11.5 Å². The molecule has 0 radical (unpaired) electrons. The highest BCUT2D eigenvalue weighted by Crippen LogP contribution is 2.18. The summed E-state index contributed by atoms with van der Waals surface area (Å²) in [6.07, 6.45) is 0. The van der Waals surface area contributed by atoms with E-state index in [9.17, 15) is 0 Å². The number of hydrogen-bond acceptors (Lipinski definition) is 5. The molecule has 0 saturated heterocycles. The number of carboxylic acid groups (broad SMARTS) is 2. The summed E-state index contributed by atoms with van der Waals surface area (Å²) in [4.78, 5) is 18.2. The van der Waals surface area contributed by atoms with Crippen LogP contribution in [0, 0.1) is 0 Å². The molecule has 1 aromatic rings. The lowest BCUT2D eigenvalue weighted by Gasteiger charge is -2.14. The fourth-order valence-electron chi connectivity index (χ4n) is 0.834. The summed E-state index contributed by atoms with van der Waals surface area (Å²) in [6, 6.07) is 3.71. The molecule has 1 rings (SSSR count). The maximum Gasteiger partial charge on any atom is 0.414 e. The van der Waals surface area contributed by atoms with Crippen molar-refractivity contribution in [3.8, 4) is 0 Å². The van der Waals surface area contributed by atoms with Crippen LogP contribution in [0.15, 0.2) is 16.5 Å². The van der Waals surface area contributed by atoms with E-state index in [4.69, 9.17) is 35.7 Å². The zero-order valence-electron chi connectivity index (χ0n) is 9.64. The van der Waals surface area contributed by atoms with Crippen LogP contribution in [-0.2, 0) is 21.7 Å². The molecule has 96 valence electrons. The molecule has 1 aromatic heterocycles. The Morgan fingerprint density at radius 1 is 1.29 bits per heavy atom. The molecule has 0 aliphatic carbocycles. The van der Waals surface area contributed by atoms with E-state index in [2.05, 4.69) is 0 Å². The van der Waals surface area contributed by atoms with Gasteiger partial charge in [-0.05, 0) is 26.0 Å². The number of hydrogen-bond donors (Lipinski definition) is 4. The minimum atomic E-state index is -1.82. The summed E-state index contributed by atoms with van der Waals surface area (Å²) < 4.78 is 5.35.